The standard InChI is InChI=1S/C18H25ClN2O2/c1-13-8-9-16(19)12-17(13)21(14(2)22)11-10-20-18(23)15-6-4-3-5-7-15/h8-9,12,15H,3-7,10-11H2,1-2H3,(H,20,23). The van der Waals surface area contributed by atoms with Gasteiger partial charge in [0, 0.05) is 36.6 Å². The summed E-state index contributed by atoms with van der Waals surface area (Å²) in [5.41, 5.74) is 1.79. The Morgan fingerprint density at radius 2 is 1.96 bits per heavy atom. The number of benzene rings is 1. The molecule has 2 rings (SSSR count). The molecule has 126 valence electrons. The maximum absolute atomic E-state index is 12.2. The fourth-order valence-electron chi connectivity index (χ4n) is 3.12. The van der Waals surface area contributed by atoms with Gasteiger partial charge < -0.3 is 10.2 Å². The number of anilines is 1. The molecule has 0 radical (unpaired) electrons. The second-order valence-electron chi connectivity index (χ2n) is 6.23. The highest BCUT2D eigenvalue weighted by Crippen LogP contribution is 2.25. The van der Waals surface area contributed by atoms with Gasteiger partial charge in [-0.05, 0) is 37.5 Å². The first kappa shape index (κ1) is 17.8. The van der Waals surface area contributed by atoms with E-state index < -0.39 is 0 Å². The lowest BCUT2D eigenvalue weighted by Crippen LogP contribution is -2.40. The van der Waals surface area contributed by atoms with Gasteiger partial charge in [0.05, 0.1) is 0 Å². The van der Waals surface area contributed by atoms with Gasteiger partial charge in [-0.3, -0.25) is 9.59 Å². The van der Waals surface area contributed by atoms with Crippen molar-refractivity contribution in [3.05, 3.63) is 28.8 Å². The highest BCUT2D eigenvalue weighted by molar-refractivity contribution is 6.31. The van der Waals surface area contributed by atoms with Gasteiger partial charge in [0.25, 0.3) is 0 Å². The lowest BCUT2D eigenvalue weighted by atomic mass is 9.89. The van der Waals surface area contributed by atoms with Crippen molar-refractivity contribution in [1.29, 1.82) is 0 Å². The van der Waals surface area contributed by atoms with Crippen LogP contribution in [0.25, 0.3) is 0 Å². The third-order valence-electron chi connectivity index (χ3n) is 4.45. The topological polar surface area (TPSA) is 49.4 Å². The zero-order chi connectivity index (χ0) is 16.8. The molecule has 1 aromatic rings. The summed E-state index contributed by atoms with van der Waals surface area (Å²) in [6.45, 7) is 4.39. The number of aryl methyl sites for hydroxylation is 1. The minimum absolute atomic E-state index is 0.0534. The van der Waals surface area contributed by atoms with Crippen LogP contribution in [0, 0.1) is 12.8 Å². The van der Waals surface area contributed by atoms with Crippen molar-refractivity contribution in [3.8, 4) is 0 Å². The minimum atomic E-state index is -0.0534. The molecule has 1 aliphatic carbocycles. The molecular weight excluding hydrogens is 312 g/mol. The SMILES string of the molecule is CC(=O)N(CCNC(=O)C1CCCCC1)c1cc(Cl)ccc1C. The van der Waals surface area contributed by atoms with E-state index in [4.69, 9.17) is 11.6 Å². The van der Waals surface area contributed by atoms with E-state index in [0.717, 1.165) is 36.9 Å². The fraction of sp³-hybridized carbons (Fsp3) is 0.556. The van der Waals surface area contributed by atoms with E-state index in [2.05, 4.69) is 5.32 Å². The molecule has 0 bridgehead atoms. The van der Waals surface area contributed by atoms with Crippen LogP contribution in [0.15, 0.2) is 18.2 Å². The van der Waals surface area contributed by atoms with Crippen LogP contribution in [0.1, 0.15) is 44.6 Å². The molecule has 1 fully saturated rings. The fourth-order valence-corrected chi connectivity index (χ4v) is 3.29. The van der Waals surface area contributed by atoms with Gasteiger partial charge in [0.1, 0.15) is 0 Å². The van der Waals surface area contributed by atoms with E-state index in [1.807, 2.05) is 19.1 Å². The number of halogens is 1. The first-order valence-electron chi connectivity index (χ1n) is 8.31. The normalized spacial score (nSPS) is 15.3. The Balaban J connectivity index is 1.93. The number of amides is 2. The number of rotatable bonds is 5. The highest BCUT2D eigenvalue weighted by Gasteiger charge is 2.21. The summed E-state index contributed by atoms with van der Waals surface area (Å²) >= 11 is 6.04. The molecule has 0 unspecified atom stereocenters. The predicted octanol–water partition coefficient (Wildman–Crippen LogP) is 3.70. The van der Waals surface area contributed by atoms with Gasteiger partial charge in [-0.15, -0.1) is 0 Å². The van der Waals surface area contributed by atoms with E-state index in [0.29, 0.717) is 18.1 Å². The average Bonchev–Trinajstić information content (AvgIpc) is 2.54. The first-order chi connectivity index (χ1) is 11.0. The van der Waals surface area contributed by atoms with Gasteiger partial charge in [-0.25, -0.2) is 0 Å². The van der Waals surface area contributed by atoms with Gasteiger partial charge in [0.15, 0.2) is 0 Å². The van der Waals surface area contributed by atoms with Crippen LogP contribution in [-0.4, -0.2) is 24.9 Å². The van der Waals surface area contributed by atoms with Crippen molar-refractivity contribution in [2.75, 3.05) is 18.0 Å². The quantitative estimate of drug-likeness (QED) is 0.891. The van der Waals surface area contributed by atoms with Gasteiger partial charge in [-0.1, -0.05) is 36.9 Å². The Bertz CT molecular complexity index is 568. The number of nitrogens with zero attached hydrogens (tertiary/aromatic N) is 1. The Labute approximate surface area is 143 Å². The van der Waals surface area contributed by atoms with Crippen molar-refractivity contribution >= 4 is 29.1 Å². The van der Waals surface area contributed by atoms with Crippen LogP contribution in [0.5, 0.6) is 0 Å². The van der Waals surface area contributed by atoms with E-state index in [9.17, 15) is 9.59 Å². The predicted molar refractivity (Wildman–Crippen MR) is 93.8 cm³/mol. The van der Waals surface area contributed by atoms with Gasteiger partial charge in [-0.2, -0.15) is 0 Å². The summed E-state index contributed by atoms with van der Waals surface area (Å²) in [5.74, 6) is 0.209. The molecular formula is C18H25ClN2O2. The summed E-state index contributed by atoms with van der Waals surface area (Å²) in [4.78, 5) is 25.8. The molecule has 1 aliphatic rings. The average molecular weight is 337 g/mol. The monoisotopic (exact) mass is 336 g/mol. The maximum Gasteiger partial charge on any atom is 0.223 e. The van der Waals surface area contributed by atoms with Crippen LogP contribution in [-0.2, 0) is 9.59 Å². The Morgan fingerprint density at radius 1 is 1.26 bits per heavy atom. The molecule has 0 spiro atoms. The van der Waals surface area contributed by atoms with Crippen LogP contribution < -0.4 is 10.2 Å². The number of hydrogen-bond donors (Lipinski definition) is 1. The highest BCUT2D eigenvalue weighted by atomic mass is 35.5. The molecule has 0 atom stereocenters. The minimum Gasteiger partial charge on any atom is -0.354 e. The molecule has 0 aromatic heterocycles. The van der Waals surface area contributed by atoms with Crippen LogP contribution in [0.3, 0.4) is 0 Å². The molecule has 0 heterocycles. The Morgan fingerprint density at radius 3 is 2.61 bits per heavy atom. The summed E-state index contributed by atoms with van der Waals surface area (Å²) in [5, 5.41) is 3.58. The maximum atomic E-state index is 12.2. The summed E-state index contributed by atoms with van der Waals surface area (Å²) in [6.07, 6.45) is 5.47. The molecule has 0 aliphatic heterocycles. The molecule has 1 aromatic carbocycles. The molecule has 1 N–H and O–H groups in total. The van der Waals surface area contributed by atoms with E-state index in [1.165, 1.54) is 13.3 Å². The number of hydrogen-bond acceptors (Lipinski definition) is 2. The zero-order valence-electron chi connectivity index (χ0n) is 13.9. The molecule has 5 heteroatoms. The van der Waals surface area contributed by atoms with Crippen molar-refractivity contribution in [1.82, 2.24) is 5.32 Å². The van der Waals surface area contributed by atoms with Gasteiger partial charge in [0.2, 0.25) is 11.8 Å². The second-order valence-corrected chi connectivity index (χ2v) is 6.66. The van der Waals surface area contributed by atoms with Crippen LogP contribution >= 0.6 is 11.6 Å². The van der Waals surface area contributed by atoms with E-state index >= 15 is 0 Å². The number of carbonyl (C=O) groups is 2. The van der Waals surface area contributed by atoms with Crippen LogP contribution in [0.4, 0.5) is 5.69 Å². The summed E-state index contributed by atoms with van der Waals surface area (Å²) < 4.78 is 0. The van der Waals surface area contributed by atoms with Crippen molar-refractivity contribution in [2.45, 2.75) is 46.0 Å². The zero-order valence-corrected chi connectivity index (χ0v) is 14.7. The number of nitrogens with one attached hydrogen (secondary N) is 1. The van der Waals surface area contributed by atoms with E-state index in [-0.39, 0.29) is 17.7 Å². The van der Waals surface area contributed by atoms with Crippen molar-refractivity contribution in [3.63, 3.8) is 0 Å². The van der Waals surface area contributed by atoms with Gasteiger partial charge >= 0.3 is 0 Å². The molecule has 1 saturated carbocycles. The molecule has 23 heavy (non-hydrogen) atoms. The molecule has 0 saturated heterocycles. The first-order valence-corrected chi connectivity index (χ1v) is 8.69. The lowest BCUT2D eigenvalue weighted by Gasteiger charge is -2.25. The largest absolute Gasteiger partial charge is 0.354 e. The Kier molecular flexibility index (Phi) is 6.46. The second kappa shape index (κ2) is 8.34. The summed E-state index contributed by atoms with van der Waals surface area (Å²) in [6, 6.07) is 5.50. The van der Waals surface area contributed by atoms with Crippen LogP contribution in [0.2, 0.25) is 5.02 Å². The third-order valence-corrected chi connectivity index (χ3v) is 4.69. The smallest absolute Gasteiger partial charge is 0.223 e. The van der Waals surface area contributed by atoms with E-state index in [1.54, 1.807) is 11.0 Å². The van der Waals surface area contributed by atoms with Crippen molar-refractivity contribution in [2.24, 2.45) is 5.92 Å². The number of carbonyl (C=O) groups excluding carboxylic acids is 2. The Hall–Kier alpha value is -1.55. The molecule has 2 amide bonds. The molecule has 4 nitrogen and oxygen atoms in total. The summed E-state index contributed by atoms with van der Waals surface area (Å²) in [7, 11) is 0. The lowest BCUT2D eigenvalue weighted by molar-refractivity contribution is -0.126. The van der Waals surface area contributed by atoms with Crippen molar-refractivity contribution < 1.29 is 9.59 Å². The third kappa shape index (κ3) is 4.96.